The van der Waals surface area contributed by atoms with Gasteiger partial charge in [-0.05, 0) is 52.9 Å². The summed E-state index contributed by atoms with van der Waals surface area (Å²) >= 11 is 0. The summed E-state index contributed by atoms with van der Waals surface area (Å²) in [6.07, 6.45) is 4.25. The van der Waals surface area contributed by atoms with Gasteiger partial charge in [0.05, 0.1) is 0 Å². The number of nitrogens with zero attached hydrogens (tertiary/aromatic N) is 2. The third-order valence-electron chi connectivity index (χ3n) is 4.52. The van der Waals surface area contributed by atoms with Crippen LogP contribution in [0.15, 0.2) is 11.6 Å². The molecule has 0 unspecified atom stereocenters. The number of carbonyl (C=O) groups is 3. The van der Waals surface area contributed by atoms with Gasteiger partial charge in [-0.1, -0.05) is 5.57 Å². The van der Waals surface area contributed by atoms with Gasteiger partial charge in [0.25, 0.3) is 0 Å². The molecule has 0 aromatic heterocycles. The number of carbonyl (C=O) groups excluding carboxylic acids is 3. The molecule has 0 aromatic carbocycles. The second-order valence-electron chi connectivity index (χ2n) is 8.08. The summed E-state index contributed by atoms with van der Waals surface area (Å²) in [5.41, 5.74) is 0.566. The lowest BCUT2D eigenvalue weighted by Gasteiger charge is -2.23. The first-order valence-corrected chi connectivity index (χ1v) is 9.37. The normalized spacial score (nSPS) is 19.0. The van der Waals surface area contributed by atoms with Crippen molar-refractivity contribution in [1.29, 1.82) is 0 Å². The van der Waals surface area contributed by atoms with Crippen LogP contribution in [-0.2, 0) is 14.3 Å². The Morgan fingerprint density at radius 1 is 1.08 bits per heavy atom. The van der Waals surface area contributed by atoms with Crippen molar-refractivity contribution in [2.24, 2.45) is 5.92 Å². The molecule has 1 N–H and O–H groups in total. The van der Waals surface area contributed by atoms with E-state index >= 15 is 0 Å². The van der Waals surface area contributed by atoms with Crippen molar-refractivity contribution in [2.75, 3.05) is 32.7 Å². The first kappa shape index (κ1) is 20.3. The molecule has 0 spiro atoms. The lowest BCUT2D eigenvalue weighted by Crippen LogP contribution is -2.43. The molecular weight excluding hydrogens is 334 g/mol. The summed E-state index contributed by atoms with van der Waals surface area (Å²) in [5, 5.41) is 2.49. The van der Waals surface area contributed by atoms with Crippen molar-refractivity contribution in [3.8, 4) is 0 Å². The Labute approximate surface area is 155 Å². The fraction of sp³-hybridized carbons (Fsp3) is 0.737. The van der Waals surface area contributed by atoms with Crippen LogP contribution < -0.4 is 5.32 Å². The third-order valence-corrected chi connectivity index (χ3v) is 4.52. The molecule has 1 aliphatic heterocycles. The Morgan fingerprint density at radius 3 is 2.31 bits per heavy atom. The lowest BCUT2D eigenvalue weighted by atomic mass is 10.2. The number of hydrogen-bond donors (Lipinski definition) is 1. The zero-order valence-corrected chi connectivity index (χ0v) is 16.3. The first-order chi connectivity index (χ1) is 12.2. The summed E-state index contributed by atoms with van der Waals surface area (Å²) in [4.78, 5) is 39.9. The second-order valence-corrected chi connectivity index (χ2v) is 8.08. The fourth-order valence-corrected chi connectivity index (χ4v) is 2.90. The minimum Gasteiger partial charge on any atom is -0.444 e. The molecule has 3 amide bonds. The molecular formula is C19H31N3O4. The van der Waals surface area contributed by atoms with Crippen LogP contribution in [0.4, 0.5) is 4.79 Å². The predicted octanol–water partition coefficient (Wildman–Crippen LogP) is 1.93. The van der Waals surface area contributed by atoms with Gasteiger partial charge < -0.3 is 19.9 Å². The molecule has 146 valence electrons. The van der Waals surface area contributed by atoms with Gasteiger partial charge >= 0.3 is 6.09 Å². The summed E-state index contributed by atoms with van der Waals surface area (Å²) in [5.74, 6) is 0.466. The Hall–Kier alpha value is -2.05. The molecule has 2 fully saturated rings. The van der Waals surface area contributed by atoms with Gasteiger partial charge in [-0.15, -0.1) is 0 Å². The van der Waals surface area contributed by atoms with E-state index in [2.05, 4.69) is 5.32 Å². The monoisotopic (exact) mass is 365 g/mol. The van der Waals surface area contributed by atoms with Crippen molar-refractivity contribution >= 4 is 17.9 Å². The molecule has 1 heterocycles. The molecule has 7 heteroatoms. The molecule has 0 bridgehead atoms. The number of hydrogen-bond acceptors (Lipinski definition) is 4. The smallest absolute Gasteiger partial charge is 0.408 e. The molecule has 0 radical (unpaired) electrons. The van der Waals surface area contributed by atoms with Crippen molar-refractivity contribution in [3.05, 3.63) is 11.6 Å². The van der Waals surface area contributed by atoms with E-state index in [9.17, 15) is 14.4 Å². The van der Waals surface area contributed by atoms with Gasteiger partial charge in [0.15, 0.2) is 0 Å². The molecule has 1 saturated heterocycles. The van der Waals surface area contributed by atoms with Crippen molar-refractivity contribution in [2.45, 2.75) is 52.6 Å². The molecule has 2 rings (SSSR count). The van der Waals surface area contributed by atoms with Crippen LogP contribution in [0.3, 0.4) is 0 Å². The predicted molar refractivity (Wildman–Crippen MR) is 98.5 cm³/mol. The maximum atomic E-state index is 12.4. The van der Waals surface area contributed by atoms with E-state index in [1.165, 1.54) is 12.8 Å². The Morgan fingerprint density at radius 2 is 1.69 bits per heavy atom. The maximum absolute atomic E-state index is 12.4. The minimum absolute atomic E-state index is 0.0376. The van der Waals surface area contributed by atoms with Crippen LogP contribution in [0.25, 0.3) is 0 Å². The first-order valence-electron chi connectivity index (χ1n) is 9.37. The highest BCUT2D eigenvalue weighted by molar-refractivity contribution is 5.88. The Kier molecular flexibility index (Phi) is 6.67. The number of nitrogens with one attached hydrogen (secondary N) is 1. The standard InChI is InChI=1S/C19H31N3O4/c1-14(15-6-7-15)12-16(23)21-8-5-9-22(11-10-21)17(24)13-20-18(25)26-19(2,3)4/h12,15H,5-11,13H2,1-4H3,(H,20,25)/b14-12+. The van der Waals surface area contributed by atoms with E-state index in [-0.39, 0.29) is 18.4 Å². The second kappa shape index (κ2) is 8.56. The fourth-order valence-electron chi connectivity index (χ4n) is 2.90. The van der Waals surface area contributed by atoms with Crippen LogP contribution in [-0.4, -0.2) is 66.0 Å². The van der Waals surface area contributed by atoms with Gasteiger partial charge in [0.1, 0.15) is 12.1 Å². The zero-order valence-electron chi connectivity index (χ0n) is 16.3. The summed E-state index contributed by atoms with van der Waals surface area (Å²) in [6.45, 7) is 9.48. The van der Waals surface area contributed by atoms with Gasteiger partial charge in [0, 0.05) is 32.3 Å². The summed E-state index contributed by atoms with van der Waals surface area (Å²) in [6, 6.07) is 0. The van der Waals surface area contributed by atoms with Gasteiger partial charge in [-0.3, -0.25) is 9.59 Å². The van der Waals surface area contributed by atoms with Gasteiger partial charge in [0.2, 0.25) is 11.8 Å². The molecule has 26 heavy (non-hydrogen) atoms. The summed E-state index contributed by atoms with van der Waals surface area (Å²) < 4.78 is 5.13. The largest absolute Gasteiger partial charge is 0.444 e. The number of ether oxygens (including phenoxy) is 1. The van der Waals surface area contributed by atoms with Crippen molar-refractivity contribution in [3.63, 3.8) is 0 Å². The van der Waals surface area contributed by atoms with E-state index in [0.717, 1.165) is 12.0 Å². The molecule has 1 saturated carbocycles. The van der Waals surface area contributed by atoms with Crippen LogP contribution >= 0.6 is 0 Å². The van der Waals surface area contributed by atoms with Gasteiger partial charge in [-0.25, -0.2) is 4.79 Å². The van der Waals surface area contributed by atoms with Crippen LogP contribution in [0.1, 0.15) is 47.0 Å². The highest BCUT2D eigenvalue weighted by atomic mass is 16.6. The van der Waals surface area contributed by atoms with Crippen molar-refractivity contribution in [1.82, 2.24) is 15.1 Å². The highest BCUT2D eigenvalue weighted by Crippen LogP contribution is 2.36. The minimum atomic E-state index is -0.599. The average Bonchev–Trinajstić information content (AvgIpc) is 3.36. The summed E-state index contributed by atoms with van der Waals surface area (Å²) in [7, 11) is 0. The number of amides is 3. The Bertz CT molecular complexity index is 576. The van der Waals surface area contributed by atoms with E-state index < -0.39 is 11.7 Å². The molecule has 0 aromatic rings. The van der Waals surface area contributed by atoms with Gasteiger partial charge in [-0.2, -0.15) is 0 Å². The number of alkyl carbamates (subject to hydrolysis) is 1. The van der Waals surface area contributed by atoms with Crippen molar-refractivity contribution < 1.29 is 19.1 Å². The lowest BCUT2D eigenvalue weighted by molar-refractivity contribution is -0.131. The SMILES string of the molecule is C/C(=C\C(=O)N1CCCN(C(=O)CNC(=O)OC(C)(C)C)CC1)C1CC1. The number of allylic oxidation sites excluding steroid dienone is 1. The van der Waals surface area contributed by atoms with E-state index in [4.69, 9.17) is 4.74 Å². The molecule has 7 nitrogen and oxygen atoms in total. The van der Waals surface area contributed by atoms with Crippen LogP contribution in [0.5, 0.6) is 0 Å². The third kappa shape index (κ3) is 6.69. The number of rotatable bonds is 4. The molecule has 1 aliphatic carbocycles. The topological polar surface area (TPSA) is 79.0 Å². The van der Waals surface area contributed by atoms with Crippen LogP contribution in [0.2, 0.25) is 0 Å². The van der Waals surface area contributed by atoms with E-state index in [1.807, 2.05) is 6.92 Å². The zero-order chi connectivity index (χ0) is 19.3. The average molecular weight is 365 g/mol. The Balaban J connectivity index is 1.78. The van der Waals surface area contributed by atoms with E-state index in [0.29, 0.717) is 32.1 Å². The highest BCUT2D eigenvalue weighted by Gasteiger charge is 2.26. The molecule has 0 atom stereocenters. The van der Waals surface area contributed by atoms with Crippen LogP contribution in [0, 0.1) is 5.92 Å². The quantitative estimate of drug-likeness (QED) is 0.772. The van der Waals surface area contributed by atoms with E-state index in [1.54, 1.807) is 36.6 Å². The maximum Gasteiger partial charge on any atom is 0.408 e. The molecule has 2 aliphatic rings.